The van der Waals surface area contributed by atoms with Gasteiger partial charge in [0.25, 0.3) is 0 Å². The quantitative estimate of drug-likeness (QED) is 0.751. The Kier molecular flexibility index (Phi) is 3.38. The molecule has 0 spiro atoms. The number of nitrogens with one attached hydrogen (secondary N) is 1. The van der Waals surface area contributed by atoms with Crippen LogP contribution in [-0.2, 0) is 6.54 Å². The number of thiophene rings is 1. The summed E-state index contributed by atoms with van der Waals surface area (Å²) in [7, 11) is 1.69. The highest BCUT2D eigenvalue weighted by Gasteiger charge is 1.99. The van der Waals surface area contributed by atoms with Crippen LogP contribution in [0.1, 0.15) is 5.56 Å². The molecule has 0 bridgehead atoms. The lowest BCUT2D eigenvalue weighted by atomic mass is 10.2. The molecule has 1 heterocycles. The fourth-order valence-corrected chi connectivity index (χ4v) is 2.83. The van der Waals surface area contributed by atoms with Crippen LogP contribution in [0.3, 0.4) is 0 Å². The van der Waals surface area contributed by atoms with Gasteiger partial charge in [-0.3, -0.25) is 0 Å². The molecule has 0 unspecified atom stereocenters. The van der Waals surface area contributed by atoms with Gasteiger partial charge in [0, 0.05) is 16.9 Å². The Hall–Kier alpha value is -2.00. The van der Waals surface area contributed by atoms with E-state index in [1.165, 1.54) is 15.6 Å². The van der Waals surface area contributed by atoms with Crippen molar-refractivity contribution in [2.75, 3.05) is 12.4 Å². The molecule has 0 aliphatic carbocycles. The first-order valence-electron chi connectivity index (χ1n) is 6.19. The number of ether oxygens (including phenoxy) is 1. The molecule has 0 radical (unpaired) electrons. The molecule has 3 rings (SSSR count). The van der Waals surface area contributed by atoms with Crippen LogP contribution in [-0.4, -0.2) is 7.11 Å². The number of hydrogen-bond donors (Lipinski definition) is 1. The molecule has 2 nitrogen and oxygen atoms in total. The lowest BCUT2D eigenvalue weighted by molar-refractivity contribution is 0.414. The van der Waals surface area contributed by atoms with Gasteiger partial charge in [-0.05, 0) is 52.7 Å². The maximum absolute atomic E-state index is 5.23. The van der Waals surface area contributed by atoms with E-state index in [1.54, 1.807) is 18.4 Å². The monoisotopic (exact) mass is 269 g/mol. The number of anilines is 1. The first-order valence-corrected chi connectivity index (χ1v) is 7.07. The summed E-state index contributed by atoms with van der Waals surface area (Å²) >= 11 is 1.77. The zero-order valence-corrected chi connectivity index (χ0v) is 11.5. The fraction of sp³-hybridized carbons (Fsp3) is 0.125. The summed E-state index contributed by atoms with van der Waals surface area (Å²) in [5, 5.41) is 6.86. The molecule has 1 N–H and O–H groups in total. The van der Waals surface area contributed by atoms with Crippen LogP contribution in [0.5, 0.6) is 5.75 Å². The van der Waals surface area contributed by atoms with Crippen molar-refractivity contribution < 1.29 is 4.74 Å². The van der Waals surface area contributed by atoms with Gasteiger partial charge >= 0.3 is 0 Å². The summed E-state index contributed by atoms with van der Waals surface area (Å²) in [5.74, 6) is 0.896. The summed E-state index contributed by atoms with van der Waals surface area (Å²) in [5.41, 5.74) is 2.36. The highest BCUT2D eigenvalue weighted by molar-refractivity contribution is 7.17. The SMILES string of the molecule is COc1cccc(CNc2ccc3sccc3c2)c1. The van der Waals surface area contributed by atoms with Crippen LogP contribution < -0.4 is 10.1 Å². The van der Waals surface area contributed by atoms with Gasteiger partial charge in [-0.25, -0.2) is 0 Å². The largest absolute Gasteiger partial charge is 0.497 e. The standard InChI is InChI=1S/C16H15NOS/c1-18-15-4-2-3-12(9-15)11-17-14-5-6-16-13(10-14)7-8-19-16/h2-10,17H,11H2,1H3. The van der Waals surface area contributed by atoms with Crippen LogP contribution in [0.25, 0.3) is 10.1 Å². The Morgan fingerprint density at radius 2 is 2.05 bits per heavy atom. The molecule has 0 amide bonds. The Balaban J connectivity index is 1.74. The van der Waals surface area contributed by atoms with E-state index < -0.39 is 0 Å². The third kappa shape index (κ3) is 2.71. The van der Waals surface area contributed by atoms with Crippen molar-refractivity contribution >= 4 is 27.1 Å². The molecule has 0 atom stereocenters. The second-order valence-electron chi connectivity index (χ2n) is 4.38. The normalized spacial score (nSPS) is 10.6. The Morgan fingerprint density at radius 3 is 2.95 bits per heavy atom. The minimum absolute atomic E-state index is 0.798. The van der Waals surface area contributed by atoms with Crippen molar-refractivity contribution in [1.29, 1.82) is 0 Å². The molecular formula is C16H15NOS. The number of benzene rings is 2. The summed E-state index contributed by atoms with van der Waals surface area (Å²) in [6.45, 7) is 0.798. The Labute approximate surface area is 116 Å². The lowest BCUT2D eigenvalue weighted by Crippen LogP contribution is -1.99. The van der Waals surface area contributed by atoms with Gasteiger partial charge < -0.3 is 10.1 Å². The predicted molar refractivity (Wildman–Crippen MR) is 82.1 cm³/mol. The molecule has 0 aliphatic rings. The number of rotatable bonds is 4. The van der Waals surface area contributed by atoms with E-state index in [0.29, 0.717) is 0 Å². The maximum atomic E-state index is 5.23. The molecule has 0 aliphatic heterocycles. The van der Waals surface area contributed by atoms with Crippen molar-refractivity contribution in [1.82, 2.24) is 0 Å². The molecule has 3 aromatic rings. The predicted octanol–water partition coefficient (Wildman–Crippen LogP) is 4.52. The molecule has 0 saturated heterocycles. The van der Waals surface area contributed by atoms with E-state index >= 15 is 0 Å². The van der Waals surface area contributed by atoms with E-state index in [-0.39, 0.29) is 0 Å². The van der Waals surface area contributed by atoms with E-state index in [0.717, 1.165) is 18.0 Å². The zero-order valence-electron chi connectivity index (χ0n) is 10.7. The van der Waals surface area contributed by atoms with Crippen molar-refractivity contribution in [3.63, 3.8) is 0 Å². The highest BCUT2D eigenvalue weighted by Crippen LogP contribution is 2.24. The Morgan fingerprint density at radius 1 is 1.11 bits per heavy atom. The van der Waals surface area contributed by atoms with Crippen molar-refractivity contribution in [3.05, 3.63) is 59.5 Å². The smallest absolute Gasteiger partial charge is 0.119 e. The van der Waals surface area contributed by atoms with Gasteiger partial charge in [-0.2, -0.15) is 0 Å². The maximum Gasteiger partial charge on any atom is 0.119 e. The molecule has 0 fully saturated rings. The zero-order chi connectivity index (χ0) is 13.1. The minimum Gasteiger partial charge on any atom is -0.497 e. The first-order chi connectivity index (χ1) is 9.35. The van der Waals surface area contributed by atoms with E-state index in [9.17, 15) is 0 Å². The van der Waals surface area contributed by atoms with Gasteiger partial charge in [-0.15, -0.1) is 11.3 Å². The number of methoxy groups -OCH3 is 1. The molecule has 3 heteroatoms. The van der Waals surface area contributed by atoms with Gasteiger partial charge in [0.1, 0.15) is 5.75 Å². The molecule has 0 saturated carbocycles. The summed E-state index contributed by atoms with van der Waals surface area (Å²) < 4.78 is 6.55. The van der Waals surface area contributed by atoms with Crippen LogP contribution in [0, 0.1) is 0 Å². The van der Waals surface area contributed by atoms with E-state index in [4.69, 9.17) is 4.74 Å². The Bertz CT molecular complexity index is 690. The minimum atomic E-state index is 0.798. The number of hydrogen-bond acceptors (Lipinski definition) is 3. The summed E-state index contributed by atoms with van der Waals surface area (Å²) in [6, 6.07) is 16.7. The van der Waals surface area contributed by atoms with Crippen LogP contribution in [0.15, 0.2) is 53.9 Å². The topological polar surface area (TPSA) is 21.3 Å². The van der Waals surface area contributed by atoms with Crippen molar-refractivity contribution in [2.24, 2.45) is 0 Å². The third-order valence-electron chi connectivity index (χ3n) is 3.08. The van der Waals surface area contributed by atoms with Gasteiger partial charge in [0.05, 0.1) is 7.11 Å². The van der Waals surface area contributed by atoms with Crippen LogP contribution in [0.4, 0.5) is 5.69 Å². The summed E-state index contributed by atoms with van der Waals surface area (Å²) in [6.07, 6.45) is 0. The average Bonchev–Trinajstić information content (AvgIpc) is 2.93. The van der Waals surface area contributed by atoms with E-state index in [2.05, 4.69) is 47.1 Å². The first kappa shape index (κ1) is 12.1. The van der Waals surface area contributed by atoms with E-state index in [1.807, 2.05) is 12.1 Å². The van der Waals surface area contributed by atoms with Gasteiger partial charge in [0.15, 0.2) is 0 Å². The molecular weight excluding hydrogens is 254 g/mol. The molecule has 19 heavy (non-hydrogen) atoms. The van der Waals surface area contributed by atoms with Gasteiger partial charge in [-0.1, -0.05) is 12.1 Å². The van der Waals surface area contributed by atoms with Gasteiger partial charge in [0.2, 0.25) is 0 Å². The fourth-order valence-electron chi connectivity index (χ4n) is 2.06. The highest BCUT2D eigenvalue weighted by atomic mass is 32.1. The lowest BCUT2D eigenvalue weighted by Gasteiger charge is -2.08. The van der Waals surface area contributed by atoms with Crippen molar-refractivity contribution in [3.8, 4) is 5.75 Å². The van der Waals surface area contributed by atoms with Crippen LogP contribution >= 0.6 is 11.3 Å². The summed E-state index contributed by atoms with van der Waals surface area (Å²) in [4.78, 5) is 0. The second kappa shape index (κ2) is 5.33. The number of fused-ring (bicyclic) bond motifs is 1. The molecule has 96 valence electrons. The second-order valence-corrected chi connectivity index (χ2v) is 5.33. The third-order valence-corrected chi connectivity index (χ3v) is 3.98. The van der Waals surface area contributed by atoms with Crippen LogP contribution in [0.2, 0.25) is 0 Å². The molecule has 2 aromatic carbocycles. The molecule has 1 aromatic heterocycles. The van der Waals surface area contributed by atoms with Crippen molar-refractivity contribution in [2.45, 2.75) is 6.54 Å². The average molecular weight is 269 g/mol.